The fourth-order valence-electron chi connectivity index (χ4n) is 2.60. The van der Waals surface area contributed by atoms with Crippen molar-refractivity contribution >= 4 is 35.1 Å². The third-order valence-electron chi connectivity index (χ3n) is 3.97. The zero-order valence-electron chi connectivity index (χ0n) is 15.1. The first-order valence-electron chi connectivity index (χ1n) is 8.43. The molecule has 0 radical (unpaired) electrons. The molecule has 0 unspecified atom stereocenters. The highest BCUT2D eigenvalue weighted by Crippen LogP contribution is 2.31. The van der Waals surface area contributed by atoms with E-state index in [0.717, 1.165) is 0 Å². The third-order valence-corrected chi connectivity index (χ3v) is 4.29. The number of benzene rings is 2. The Morgan fingerprint density at radius 3 is 2.53 bits per heavy atom. The number of carbonyl (C=O) groups is 1. The van der Waals surface area contributed by atoms with E-state index in [1.54, 1.807) is 24.3 Å². The van der Waals surface area contributed by atoms with Gasteiger partial charge in [-0.3, -0.25) is 25.0 Å². The predicted molar refractivity (Wildman–Crippen MR) is 108 cm³/mol. The van der Waals surface area contributed by atoms with Crippen LogP contribution in [0.3, 0.4) is 0 Å². The molecule has 30 heavy (non-hydrogen) atoms. The van der Waals surface area contributed by atoms with E-state index in [1.165, 1.54) is 36.5 Å². The smallest absolute Gasteiger partial charge is 0.288 e. The summed E-state index contributed by atoms with van der Waals surface area (Å²) >= 11 is 5.80. The summed E-state index contributed by atoms with van der Waals surface area (Å²) in [5, 5.41) is 25.8. The lowest BCUT2D eigenvalue weighted by Crippen LogP contribution is -2.20. The first-order valence-corrected chi connectivity index (χ1v) is 8.81. The number of amides is 1. The molecule has 0 atom stereocenters. The number of nitrogens with zero attached hydrogens (tertiary/aromatic N) is 3. The van der Waals surface area contributed by atoms with E-state index in [9.17, 15) is 25.0 Å². The van der Waals surface area contributed by atoms with Crippen molar-refractivity contribution in [2.45, 2.75) is 6.42 Å². The molecule has 10 nitrogen and oxygen atoms in total. The van der Waals surface area contributed by atoms with Crippen LogP contribution in [0.15, 0.2) is 64.1 Å². The predicted octanol–water partition coefficient (Wildman–Crippen LogP) is 4.11. The number of nitro benzene ring substituents is 2. The molecule has 1 N–H and O–H groups in total. The van der Waals surface area contributed by atoms with E-state index in [-0.39, 0.29) is 34.1 Å². The summed E-state index contributed by atoms with van der Waals surface area (Å²) in [6.45, 7) is 0. The lowest BCUT2D eigenvalue weighted by atomic mass is 10.1. The molecule has 0 aliphatic carbocycles. The van der Waals surface area contributed by atoms with Crippen molar-refractivity contribution in [3.8, 4) is 11.3 Å². The number of nitrogens with one attached hydrogen (secondary N) is 1. The summed E-state index contributed by atoms with van der Waals surface area (Å²) < 4.78 is 5.54. The molecule has 0 saturated carbocycles. The van der Waals surface area contributed by atoms with Gasteiger partial charge in [-0.25, -0.2) is 5.43 Å². The first-order chi connectivity index (χ1) is 14.3. The molecule has 3 aromatic rings. The van der Waals surface area contributed by atoms with Crippen LogP contribution in [0, 0.1) is 20.2 Å². The summed E-state index contributed by atoms with van der Waals surface area (Å²) in [5.74, 6) is 0.0942. The number of hydrogen-bond donors (Lipinski definition) is 1. The maximum Gasteiger partial charge on any atom is 0.288 e. The number of halogens is 1. The molecular weight excluding hydrogens is 416 g/mol. The Balaban J connectivity index is 1.65. The van der Waals surface area contributed by atoms with Crippen LogP contribution in [0.5, 0.6) is 0 Å². The number of furan rings is 1. The maximum absolute atomic E-state index is 12.0. The van der Waals surface area contributed by atoms with Crippen molar-refractivity contribution in [1.82, 2.24) is 5.43 Å². The molecule has 2 aromatic carbocycles. The molecule has 0 fully saturated rings. The lowest BCUT2D eigenvalue weighted by molar-refractivity contribution is -0.385. The van der Waals surface area contributed by atoms with Crippen LogP contribution in [0.1, 0.15) is 11.3 Å². The van der Waals surface area contributed by atoms with Crippen molar-refractivity contribution in [2.75, 3.05) is 0 Å². The summed E-state index contributed by atoms with van der Waals surface area (Å²) in [5.41, 5.74) is 2.59. The Kier molecular flexibility index (Phi) is 6.18. The molecule has 0 saturated heterocycles. The van der Waals surface area contributed by atoms with E-state index >= 15 is 0 Å². The van der Waals surface area contributed by atoms with Crippen molar-refractivity contribution in [3.63, 3.8) is 0 Å². The molecular formula is C19H13ClN4O6. The number of nitro groups is 2. The molecule has 0 spiro atoms. The zero-order chi connectivity index (χ0) is 21.7. The number of hydrazone groups is 1. The number of carbonyl (C=O) groups excluding carboxylic acids is 1. The van der Waals surface area contributed by atoms with Crippen molar-refractivity contribution in [2.24, 2.45) is 5.10 Å². The summed E-state index contributed by atoms with van der Waals surface area (Å²) in [7, 11) is 0. The van der Waals surface area contributed by atoms with E-state index in [4.69, 9.17) is 16.0 Å². The molecule has 0 aliphatic rings. The Bertz CT molecular complexity index is 1160. The largest absolute Gasteiger partial charge is 0.455 e. The highest BCUT2D eigenvalue weighted by atomic mass is 35.5. The van der Waals surface area contributed by atoms with Crippen LogP contribution >= 0.6 is 11.6 Å². The second kappa shape index (κ2) is 8.97. The number of hydrogen-bond acceptors (Lipinski definition) is 7. The summed E-state index contributed by atoms with van der Waals surface area (Å²) in [6, 6.07) is 13.3. The number of rotatable bonds is 7. The van der Waals surface area contributed by atoms with Crippen molar-refractivity contribution < 1.29 is 19.1 Å². The van der Waals surface area contributed by atoms with Gasteiger partial charge in [0.2, 0.25) is 5.91 Å². The molecule has 1 heterocycles. The summed E-state index contributed by atoms with van der Waals surface area (Å²) in [4.78, 5) is 32.8. The minimum absolute atomic E-state index is 0.0125. The second-order valence-electron chi connectivity index (χ2n) is 5.98. The Labute approximate surface area is 174 Å². The van der Waals surface area contributed by atoms with Gasteiger partial charge in [0.1, 0.15) is 16.5 Å². The fourth-order valence-corrected chi connectivity index (χ4v) is 2.79. The minimum Gasteiger partial charge on any atom is -0.455 e. The standard InChI is InChI=1S/C19H13ClN4O6/c20-15-7-5-13(9-17(15)24(28)29)18-8-6-14(30-18)11-21-22-19(25)10-12-3-1-2-4-16(12)23(26)27/h1-9,11H,10H2,(H,22,25)/b21-11-. The van der Waals surface area contributed by atoms with Crippen molar-refractivity contribution in [1.29, 1.82) is 0 Å². The van der Waals surface area contributed by atoms with E-state index in [0.29, 0.717) is 11.3 Å². The molecule has 3 rings (SSSR count). The van der Waals surface area contributed by atoms with E-state index < -0.39 is 15.8 Å². The normalized spacial score (nSPS) is 10.8. The van der Waals surface area contributed by atoms with Crippen LogP contribution in [-0.2, 0) is 11.2 Å². The van der Waals surface area contributed by atoms with Crippen LogP contribution in [0.25, 0.3) is 11.3 Å². The lowest BCUT2D eigenvalue weighted by Gasteiger charge is -2.01. The third kappa shape index (κ3) is 4.86. The quantitative estimate of drug-likeness (QED) is 0.341. The maximum atomic E-state index is 12.0. The Morgan fingerprint density at radius 1 is 1.07 bits per heavy atom. The van der Waals surface area contributed by atoms with Gasteiger partial charge in [0.25, 0.3) is 11.4 Å². The SMILES string of the molecule is O=C(Cc1ccccc1[N+](=O)[O-])N/N=C\c1ccc(-c2ccc(Cl)c([N+](=O)[O-])c2)o1. The van der Waals surface area contributed by atoms with E-state index in [1.807, 2.05) is 0 Å². The minimum atomic E-state index is -0.594. The topological polar surface area (TPSA) is 141 Å². The van der Waals surface area contributed by atoms with Crippen molar-refractivity contribution in [3.05, 3.63) is 91.2 Å². The molecule has 0 bridgehead atoms. The monoisotopic (exact) mass is 428 g/mol. The molecule has 11 heteroatoms. The fraction of sp³-hybridized carbons (Fsp3) is 0.0526. The summed E-state index contributed by atoms with van der Waals surface area (Å²) in [6.07, 6.45) is 1.03. The van der Waals surface area contributed by atoms with Crippen LogP contribution in [-0.4, -0.2) is 22.0 Å². The van der Waals surface area contributed by atoms with Gasteiger partial charge in [0.15, 0.2) is 0 Å². The van der Waals surface area contributed by atoms with Gasteiger partial charge in [0, 0.05) is 23.3 Å². The average Bonchev–Trinajstić information content (AvgIpc) is 3.17. The van der Waals surface area contributed by atoms with Gasteiger partial charge < -0.3 is 4.42 Å². The second-order valence-corrected chi connectivity index (χ2v) is 6.39. The highest BCUT2D eigenvalue weighted by Gasteiger charge is 2.16. The Morgan fingerprint density at radius 2 is 1.80 bits per heavy atom. The van der Waals surface area contributed by atoms with E-state index in [2.05, 4.69) is 10.5 Å². The molecule has 1 amide bonds. The molecule has 152 valence electrons. The van der Waals surface area contributed by atoms with Crippen LogP contribution < -0.4 is 5.43 Å². The van der Waals surface area contributed by atoms with Crippen LogP contribution in [0.4, 0.5) is 11.4 Å². The molecule has 0 aliphatic heterocycles. The van der Waals surface area contributed by atoms with Gasteiger partial charge in [-0.1, -0.05) is 29.8 Å². The van der Waals surface area contributed by atoms with Gasteiger partial charge >= 0.3 is 0 Å². The average molecular weight is 429 g/mol. The Hall–Kier alpha value is -4.05. The van der Waals surface area contributed by atoms with Gasteiger partial charge in [-0.2, -0.15) is 5.10 Å². The van der Waals surface area contributed by atoms with Gasteiger partial charge in [0.05, 0.1) is 22.5 Å². The van der Waals surface area contributed by atoms with Crippen LogP contribution in [0.2, 0.25) is 5.02 Å². The highest BCUT2D eigenvalue weighted by molar-refractivity contribution is 6.32. The zero-order valence-corrected chi connectivity index (χ0v) is 15.9. The molecule has 1 aromatic heterocycles. The first kappa shape index (κ1) is 20.7. The number of para-hydroxylation sites is 1. The van der Waals surface area contributed by atoms with Gasteiger partial charge in [-0.15, -0.1) is 0 Å². The van der Waals surface area contributed by atoms with Gasteiger partial charge in [-0.05, 0) is 24.3 Å².